The van der Waals surface area contributed by atoms with E-state index in [1.807, 2.05) is 0 Å². The molecular formula is C19H22FN3O4S. The van der Waals surface area contributed by atoms with Crippen LogP contribution in [0.5, 0.6) is 5.88 Å². The summed E-state index contributed by atoms with van der Waals surface area (Å²) in [6.07, 6.45) is 2.98. The molecule has 0 aliphatic rings. The van der Waals surface area contributed by atoms with Crippen molar-refractivity contribution in [3.05, 3.63) is 66.6 Å². The lowest BCUT2D eigenvalue weighted by molar-refractivity contribution is -0.120. The van der Waals surface area contributed by atoms with Gasteiger partial charge >= 0.3 is 0 Å². The van der Waals surface area contributed by atoms with Crippen LogP contribution in [-0.4, -0.2) is 31.5 Å². The lowest BCUT2D eigenvalue weighted by atomic mass is 10.1. The molecule has 150 valence electrons. The summed E-state index contributed by atoms with van der Waals surface area (Å²) < 4.78 is 45.3. The van der Waals surface area contributed by atoms with Gasteiger partial charge in [-0.1, -0.05) is 24.8 Å². The van der Waals surface area contributed by atoms with Crippen molar-refractivity contribution in [2.24, 2.45) is 0 Å². The molecule has 1 aromatic heterocycles. The third-order valence-corrected chi connectivity index (χ3v) is 5.13. The zero-order valence-corrected chi connectivity index (χ0v) is 16.4. The summed E-state index contributed by atoms with van der Waals surface area (Å²) in [6, 6.07) is 8.28. The van der Waals surface area contributed by atoms with Crippen LogP contribution in [0.3, 0.4) is 0 Å². The second-order valence-electron chi connectivity index (χ2n) is 6.55. The van der Waals surface area contributed by atoms with E-state index in [1.54, 1.807) is 18.2 Å². The van der Waals surface area contributed by atoms with Crippen LogP contribution >= 0.6 is 0 Å². The third kappa shape index (κ3) is 6.43. The predicted octanol–water partition coefficient (Wildman–Crippen LogP) is 2.62. The summed E-state index contributed by atoms with van der Waals surface area (Å²) in [4.78, 5) is 16.5. The van der Waals surface area contributed by atoms with Crippen molar-refractivity contribution in [3.63, 3.8) is 0 Å². The van der Waals surface area contributed by atoms with E-state index in [9.17, 15) is 17.6 Å². The Bertz CT molecular complexity index is 927. The summed E-state index contributed by atoms with van der Waals surface area (Å²) in [7, 11) is -3.84. The molecule has 0 spiro atoms. The fourth-order valence-corrected chi connectivity index (χ4v) is 3.82. The molecule has 0 aliphatic heterocycles. The van der Waals surface area contributed by atoms with Crippen LogP contribution in [0.4, 0.5) is 10.1 Å². The number of amides is 1. The van der Waals surface area contributed by atoms with Gasteiger partial charge in [0.15, 0.2) is 0 Å². The molecule has 0 radical (unpaired) electrons. The van der Waals surface area contributed by atoms with E-state index in [4.69, 9.17) is 4.74 Å². The van der Waals surface area contributed by atoms with Gasteiger partial charge in [-0.05, 0) is 37.6 Å². The Labute approximate surface area is 163 Å². The van der Waals surface area contributed by atoms with Crippen LogP contribution in [0.15, 0.2) is 55.3 Å². The number of carbonyl (C=O) groups is 1. The van der Waals surface area contributed by atoms with E-state index >= 15 is 0 Å². The highest BCUT2D eigenvalue weighted by Gasteiger charge is 2.32. The van der Waals surface area contributed by atoms with E-state index in [1.165, 1.54) is 44.3 Å². The van der Waals surface area contributed by atoms with Gasteiger partial charge in [-0.25, -0.2) is 17.8 Å². The minimum atomic E-state index is -3.84. The number of aromatic nitrogens is 1. The van der Waals surface area contributed by atoms with Gasteiger partial charge in [0.1, 0.15) is 18.0 Å². The number of nitrogens with zero attached hydrogens (tertiary/aromatic N) is 1. The topological polar surface area (TPSA) is 97.4 Å². The van der Waals surface area contributed by atoms with Gasteiger partial charge in [0.2, 0.25) is 21.8 Å². The van der Waals surface area contributed by atoms with Crippen molar-refractivity contribution >= 4 is 21.6 Å². The number of rotatable bonds is 9. The molecule has 0 saturated carbocycles. The lowest BCUT2D eigenvalue weighted by Crippen LogP contribution is -2.52. The van der Waals surface area contributed by atoms with Gasteiger partial charge in [0, 0.05) is 6.07 Å². The Morgan fingerprint density at radius 1 is 1.25 bits per heavy atom. The Balaban J connectivity index is 2.00. The fraction of sp³-hybridized carbons (Fsp3) is 0.263. The van der Waals surface area contributed by atoms with Crippen LogP contribution in [-0.2, 0) is 20.6 Å². The van der Waals surface area contributed by atoms with Gasteiger partial charge < -0.3 is 10.1 Å². The van der Waals surface area contributed by atoms with Gasteiger partial charge in [-0.2, -0.15) is 4.72 Å². The molecule has 0 fully saturated rings. The smallest absolute Gasteiger partial charge is 0.245 e. The molecular weight excluding hydrogens is 385 g/mol. The first-order valence-electron chi connectivity index (χ1n) is 8.38. The summed E-state index contributed by atoms with van der Waals surface area (Å²) in [5.41, 5.74) is -0.622. The Morgan fingerprint density at radius 3 is 2.50 bits per heavy atom. The van der Waals surface area contributed by atoms with Gasteiger partial charge in [-0.3, -0.25) is 4.79 Å². The molecule has 0 saturated heterocycles. The van der Waals surface area contributed by atoms with Crippen molar-refractivity contribution in [1.29, 1.82) is 0 Å². The molecule has 7 nitrogen and oxygen atoms in total. The number of carbonyl (C=O) groups excluding carboxylic acids is 1. The zero-order valence-electron chi connectivity index (χ0n) is 15.6. The van der Waals surface area contributed by atoms with Crippen molar-refractivity contribution in [1.82, 2.24) is 9.71 Å². The molecule has 9 heteroatoms. The number of sulfonamides is 1. The minimum Gasteiger partial charge on any atom is -0.473 e. The summed E-state index contributed by atoms with van der Waals surface area (Å²) >= 11 is 0. The Kier molecular flexibility index (Phi) is 6.87. The number of anilines is 1. The molecule has 0 unspecified atom stereocenters. The van der Waals surface area contributed by atoms with Crippen LogP contribution in [0.25, 0.3) is 0 Å². The van der Waals surface area contributed by atoms with E-state index in [0.29, 0.717) is 23.7 Å². The van der Waals surface area contributed by atoms with Crippen molar-refractivity contribution in [2.75, 3.05) is 11.9 Å². The molecule has 0 atom stereocenters. The maximum atomic E-state index is 13.0. The zero-order chi connectivity index (χ0) is 20.8. The lowest BCUT2D eigenvalue weighted by Gasteiger charge is -2.25. The summed E-state index contributed by atoms with van der Waals surface area (Å²) in [6.45, 7) is 6.73. The number of hydrogen-bond donors (Lipinski definition) is 2. The number of nitrogens with one attached hydrogen (secondary N) is 2. The molecule has 1 aromatic carbocycles. The number of pyridine rings is 1. The Hall–Kier alpha value is -2.78. The number of halogens is 1. The summed E-state index contributed by atoms with van der Waals surface area (Å²) in [5.74, 6) is -1.02. The monoisotopic (exact) mass is 407 g/mol. The first-order chi connectivity index (χ1) is 13.1. The van der Waals surface area contributed by atoms with Gasteiger partial charge in [0.05, 0.1) is 17.6 Å². The highest BCUT2D eigenvalue weighted by atomic mass is 32.2. The number of ether oxygens (including phenoxy) is 1. The largest absolute Gasteiger partial charge is 0.473 e. The highest BCUT2D eigenvalue weighted by molar-refractivity contribution is 7.88. The molecule has 1 heterocycles. The van der Waals surface area contributed by atoms with E-state index in [0.717, 1.165) is 0 Å². The number of hydrogen-bond acceptors (Lipinski definition) is 5. The van der Waals surface area contributed by atoms with Crippen LogP contribution in [0.2, 0.25) is 0 Å². The van der Waals surface area contributed by atoms with Crippen molar-refractivity contribution < 1.29 is 22.3 Å². The summed E-state index contributed by atoms with van der Waals surface area (Å²) in [5, 5.41) is 2.61. The second kappa shape index (κ2) is 8.94. The quantitative estimate of drug-likeness (QED) is 0.623. The minimum absolute atomic E-state index is 0.307. The van der Waals surface area contributed by atoms with Crippen LogP contribution in [0, 0.1) is 5.82 Å². The predicted molar refractivity (Wildman–Crippen MR) is 105 cm³/mol. The number of benzene rings is 1. The molecule has 0 bridgehead atoms. The molecule has 2 rings (SSSR count). The van der Waals surface area contributed by atoms with E-state index in [2.05, 4.69) is 21.6 Å². The van der Waals surface area contributed by atoms with Crippen molar-refractivity contribution in [2.45, 2.75) is 25.1 Å². The van der Waals surface area contributed by atoms with Crippen LogP contribution < -0.4 is 14.8 Å². The first-order valence-corrected chi connectivity index (χ1v) is 10.0. The standard InChI is InChI=1S/C19H22FN3O4S/c1-4-11-27-17-10-9-16(12-21-17)22-18(24)19(2,3)23-28(25,26)13-14-5-7-15(20)8-6-14/h4-10,12,23H,1,11,13H2,2-3H3,(H,22,24). The normalized spacial score (nSPS) is 11.7. The molecule has 2 N–H and O–H groups in total. The first kappa shape index (κ1) is 21.5. The molecule has 2 aromatic rings. The maximum Gasteiger partial charge on any atom is 0.245 e. The molecule has 1 amide bonds. The third-order valence-electron chi connectivity index (χ3n) is 3.59. The van der Waals surface area contributed by atoms with E-state index in [-0.39, 0.29) is 5.75 Å². The maximum absolute atomic E-state index is 13.0. The second-order valence-corrected chi connectivity index (χ2v) is 8.27. The molecule has 0 aliphatic carbocycles. The van der Waals surface area contributed by atoms with E-state index < -0.39 is 27.3 Å². The highest BCUT2D eigenvalue weighted by Crippen LogP contribution is 2.16. The van der Waals surface area contributed by atoms with Crippen molar-refractivity contribution in [3.8, 4) is 5.88 Å². The Morgan fingerprint density at radius 2 is 1.93 bits per heavy atom. The molecule has 28 heavy (non-hydrogen) atoms. The van der Waals surface area contributed by atoms with Gasteiger partial charge in [-0.15, -0.1) is 0 Å². The van der Waals surface area contributed by atoms with Gasteiger partial charge in [0.25, 0.3) is 0 Å². The fourth-order valence-electron chi connectivity index (χ4n) is 2.24. The SMILES string of the molecule is C=CCOc1ccc(NC(=O)C(C)(C)NS(=O)(=O)Cc2ccc(F)cc2)cn1. The average Bonchev–Trinajstić information content (AvgIpc) is 2.62. The van der Waals surface area contributed by atoms with Crippen LogP contribution in [0.1, 0.15) is 19.4 Å². The average molecular weight is 407 g/mol.